The van der Waals surface area contributed by atoms with E-state index in [1.54, 1.807) is 6.92 Å². The summed E-state index contributed by atoms with van der Waals surface area (Å²) in [6, 6.07) is 0. The molecule has 7 heteroatoms. The molecule has 0 bridgehead atoms. The van der Waals surface area contributed by atoms with Gasteiger partial charge in [0, 0.05) is 11.8 Å². The lowest BCUT2D eigenvalue weighted by Gasteiger charge is -2.08. The molecule has 5 nitrogen and oxygen atoms in total. The van der Waals surface area contributed by atoms with E-state index in [0.717, 1.165) is 19.5 Å². The topological polar surface area (TPSA) is 72.0 Å². The first-order chi connectivity index (χ1) is 7.99. The summed E-state index contributed by atoms with van der Waals surface area (Å²) in [4.78, 5) is 7.68. The average Bonchev–Trinajstić information content (AvgIpc) is 2.73. The van der Waals surface area contributed by atoms with E-state index in [9.17, 15) is 8.42 Å². The fraction of sp³-hybridized carbons (Fsp3) is 0.600. The van der Waals surface area contributed by atoms with Crippen LogP contribution in [0.4, 0.5) is 0 Å². The SMILES string of the molecule is Cc1cnc(S(=O)(=O)C[C@H]2CCNC2)nc1Cl. The molecule has 2 heterocycles. The predicted octanol–water partition coefficient (Wildman–Crippen LogP) is 0.822. The van der Waals surface area contributed by atoms with Gasteiger partial charge in [0.1, 0.15) is 5.15 Å². The summed E-state index contributed by atoms with van der Waals surface area (Å²) >= 11 is 5.81. The summed E-state index contributed by atoms with van der Waals surface area (Å²) in [5, 5.41) is 3.17. The molecule has 1 saturated heterocycles. The van der Waals surface area contributed by atoms with Crippen LogP contribution in [-0.4, -0.2) is 37.2 Å². The van der Waals surface area contributed by atoms with Gasteiger partial charge in [-0.2, -0.15) is 0 Å². The second-order valence-electron chi connectivity index (χ2n) is 4.27. The van der Waals surface area contributed by atoms with Crippen molar-refractivity contribution in [3.05, 3.63) is 16.9 Å². The lowest BCUT2D eigenvalue weighted by Crippen LogP contribution is -2.20. The van der Waals surface area contributed by atoms with Crippen molar-refractivity contribution in [2.75, 3.05) is 18.8 Å². The molecule has 2 rings (SSSR count). The molecule has 94 valence electrons. The van der Waals surface area contributed by atoms with Crippen LogP contribution >= 0.6 is 11.6 Å². The highest BCUT2D eigenvalue weighted by atomic mass is 35.5. The van der Waals surface area contributed by atoms with Crippen LogP contribution in [0.25, 0.3) is 0 Å². The second kappa shape index (κ2) is 4.88. The summed E-state index contributed by atoms with van der Waals surface area (Å²) in [5.74, 6) is 0.225. The van der Waals surface area contributed by atoms with E-state index in [-0.39, 0.29) is 22.0 Å². The molecular formula is C10H14ClN3O2S. The molecule has 0 aliphatic carbocycles. The van der Waals surface area contributed by atoms with Crippen LogP contribution in [0.15, 0.2) is 11.4 Å². The minimum Gasteiger partial charge on any atom is -0.316 e. The summed E-state index contributed by atoms with van der Waals surface area (Å²) in [6.07, 6.45) is 2.31. The van der Waals surface area contributed by atoms with Crippen LogP contribution < -0.4 is 5.32 Å². The summed E-state index contributed by atoms with van der Waals surface area (Å²) in [7, 11) is -3.43. The molecule has 1 aromatic heterocycles. The van der Waals surface area contributed by atoms with Crippen LogP contribution in [0, 0.1) is 12.8 Å². The van der Waals surface area contributed by atoms with Gasteiger partial charge in [-0.05, 0) is 32.4 Å². The van der Waals surface area contributed by atoms with Crippen molar-refractivity contribution >= 4 is 21.4 Å². The molecule has 0 spiro atoms. The molecule has 1 atom stereocenters. The van der Waals surface area contributed by atoms with Crippen LogP contribution in [0.5, 0.6) is 0 Å². The van der Waals surface area contributed by atoms with Crippen LogP contribution in [0.3, 0.4) is 0 Å². The van der Waals surface area contributed by atoms with E-state index < -0.39 is 9.84 Å². The number of sulfone groups is 1. The Bertz CT molecular complexity index is 512. The first-order valence-electron chi connectivity index (χ1n) is 5.41. The smallest absolute Gasteiger partial charge is 0.248 e. The first kappa shape index (κ1) is 12.7. The van der Waals surface area contributed by atoms with Gasteiger partial charge in [-0.15, -0.1) is 0 Å². The van der Waals surface area contributed by atoms with Gasteiger partial charge in [-0.1, -0.05) is 11.6 Å². The van der Waals surface area contributed by atoms with Gasteiger partial charge in [0.25, 0.3) is 0 Å². The summed E-state index contributed by atoms with van der Waals surface area (Å²) in [5.41, 5.74) is 0.674. The van der Waals surface area contributed by atoms with Crippen molar-refractivity contribution in [1.82, 2.24) is 15.3 Å². The Kier molecular flexibility index (Phi) is 3.65. The monoisotopic (exact) mass is 275 g/mol. The molecule has 0 amide bonds. The predicted molar refractivity (Wildman–Crippen MR) is 64.8 cm³/mol. The summed E-state index contributed by atoms with van der Waals surface area (Å²) in [6.45, 7) is 3.34. The number of hydrogen-bond acceptors (Lipinski definition) is 5. The molecule has 0 unspecified atom stereocenters. The zero-order valence-corrected chi connectivity index (χ0v) is 11.1. The fourth-order valence-corrected chi connectivity index (χ4v) is 3.47. The average molecular weight is 276 g/mol. The molecule has 1 aliphatic rings. The van der Waals surface area contributed by atoms with Gasteiger partial charge >= 0.3 is 0 Å². The Morgan fingerprint density at radius 1 is 1.59 bits per heavy atom. The number of halogens is 1. The molecule has 1 N–H and O–H groups in total. The van der Waals surface area contributed by atoms with Gasteiger partial charge in [-0.3, -0.25) is 0 Å². The van der Waals surface area contributed by atoms with Crippen molar-refractivity contribution in [3.8, 4) is 0 Å². The van der Waals surface area contributed by atoms with Crippen molar-refractivity contribution in [2.24, 2.45) is 5.92 Å². The highest BCUT2D eigenvalue weighted by Gasteiger charge is 2.26. The molecular weight excluding hydrogens is 262 g/mol. The van der Waals surface area contributed by atoms with E-state index >= 15 is 0 Å². The minimum atomic E-state index is -3.43. The van der Waals surface area contributed by atoms with Crippen LogP contribution in [-0.2, 0) is 9.84 Å². The van der Waals surface area contributed by atoms with Crippen molar-refractivity contribution < 1.29 is 8.42 Å². The number of nitrogens with one attached hydrogen (secondary N) is 1. The van der Waals surface area contributed by atoms with Gasteiger partial charge in [-0.25, -0.2) is 18.4 Å². The van der Waals surface area contributed by atoms with Gasteiger partial charge in [0.2, 0.25) is 15.0 Å². The number of hydrogen-bond donors (Lipinski definition) is 1. The molecule has 17 heavy (non-hydrogen) atoms. The van der Waals surface area contributed by atoms with Gasteiger partial charge < -0.3 is 5.32 Å². The first-order valence-corrected chi connectivity index (χ1v) is 7.44. The maximum absolute atomic E-state index is 12.0. The Hall–Kier alpha value is -0.720. The second-order valence-corrected chi connectivity index (χ2v) is 6.55. The third kappa shape index (κ3) is 2.94. The van der Waals surface area contributed by atoms with E-state index in [0.29, 0.717) is 5.56 Å². The highest BCUT2D eigenvalue weighted by molar-refractivity contribution is 7.91. The molecule has 1 aliphatic heterocycles. The third-order valence-electron chi connectivity index (χ3n) is 2.78. The highest BCUT2D eigenvalue weighted by Crippen LogP contribution is 2.17. The van der Waals surface area contributed by atoms with Gasteiger partial charge in [0.05, 0.1) is 5.75 Å². The van der Waals surface area contributed by atoms with Crippen molar-refractivity contribution in [3.63, 3.8) is 0 Å². The Morgan fingerprint density at radius 2 is 2.35 bits per heavy atom. The van der Waals surface area contributed by atoms with E-state index in [2.05, 4.69) is 15.3 Å². The maximum Gasteiger partial charge on any atom is 0.248 e. The molecule has 0 saturated carbocycles. The van der Waals surface area contributed by atoms with Crippen LogP contribution in [0.2, 0.25) is 5.15 Å². The van der Waals surface area contributed by atoms with E-state index in [1.165, 1.54) is 6.20 Å². The minimum absolute atomic E-state index is 0.0827. The quantitative estimate of drug-likeness (QED) is 0.653. The lowest BCUT2D eigenvalue weighted by molar-refractivity contribution is 0.562. The molecule has 1 fully saturated rings. The Morgan fingerprint density at radius 3 is 2.94 bits per heavy atom. The van der Waals surface area contributed by atoms with E-state index in [1.807, 2.05) is 0 Å². The van der Waals surface area contributed by atoms with Crippen LogP contribution in [0.1, 0.15) is 12.0 Å². The number of aromatic nitrogens is 2. The number of aryl methyl sites for hydroxylation is 1. The standard InChI is InChI=1S/C10H14ClN3O2S/c1-7-4-13-10(14-9(7)11)17(15,16)6-8-2-3-12-5-8/h4,8,12H,2-3,5-6H2,1H3/t8-/m0/s1. The zero-order chi connectivity index (χ0) is 12.5. The normalized spacial score (nSPS) is 20.7. The molecule has 1 aromatic rings. The Balaban J connectivity index is 2.21. The van der Waals surface area contributed by atoms with E-state index in [4.69, 9.17) is 11.6 Å². The Labute approximate surface area is 106 Å². The lowest BCUT2D eigenvalue weighted by atomic mass is 10.2. The number of rotatable bonds is 3. The number of nitrogens with zero attached hydrogens (tertiary/aromatic N) is 2. The third-order valence-corrected chi connectivity index (χ3v) is 4.83. The van der Waals surface area contributed by atoms with Crippen molar-refractivity contribution in [1.29, 1.82) is 0 Å². The van der Waals surface area contributed by atoms with Crippen molar-refractivity contribution in [2.45, 2.75) is 18.5 Å². The largest absolute Gasteiger partial charge is 0.316 e. The zero-order valence-electron chi connectivity index (χ0n) is 9.48. The summed E-state index contributed by atoms with van der Waals surface area (Å²) < 4.78 is 24.1. The molecule has 0 radical (unpaired) electrons. The molecule has 0 aromatic carbocycles. The maximum atomic E-state index is 12.0. The fourth-order valence-electron chi connectivity index (χ4n) is 1.80. The van der Waals surface area contributed by atoms with Gasteiger partial charge in [0.15, 0.2) is 0 Å².